The fraction of sp³-hybridized carbons (Fsp3) is 0.133. The average molecular weight is 275 g/mol. The smallest absolute Gasteiger partial charge is 0.255 e. The first-order valence-electron chi connectivity index (χ1n) is 5.81. The lowest BCUT2D eigenvalue weighted by molar-refractivity contribution is 0.102. The van der Waals surface area contributed by atoms with Gasteiger partial charge in [0.05, 0.1) is 0 Å². The number of benzene rings is 2. The van der Waals surface area contributed by atoms with Crippen LogP contribution in [0.15, 0.2) is 47.4 Å². The van der Waals surface area contributed by atoms with Gasteiger partial charge in [-0.05, 0) is 55.1 Å². The number of thioether (sulfide) groups is 1. The molecule has 0 fully saturated rings. The molecule has 1 amide bonds. The van der Waals surface area contributed by atoms with Gasteiger partial charge in [0, 0.05) is 16.1 Å². The molecule has 98 valence electrons. The van der Waals surface area contributed by atoms with Crippen molar-refractivity contribution < 1.29 is 9.18 Å². The third kappa shape index (κ3) is 3.35. The first-order valence-corrected chi connectivity index (χ1v) is 7.04. The number of hydrogen-bond donors (Lipinski definition) is 1. The van der Waals surface area contributed by atoms with Gasteiger partial charge in [0.25, 0.3) is 5.91 Å². The fourth-order valence-electron chi connectivity index (χ4n) is 1.61. The van der Waals surface area contributed by atoms with Crippen molar-refractivity contribution in [1.29, 1.82) is 0 Å². The van der Waals surface area contributed by atoms with E-state index in [1.807, 2.05) is 30.5 Å². The van der Waals surface area contributed by atoms with Gasteiger partial charge in [-0.25, -0.2) is 4.39 Å². The minimum atomic E-state index is -0.370. The van der Waals surface area contributed by atoms with Crippen molar-refractivity contribution in [2.24, 2.45) is 0 Å². The highest BCUT2D eigenvalue weighted by Crippen LogP contribution is 2.18. The number of hydrogen-bond acceptors (Lipinski definition) is 2. The number of halogens is 1. The second kappa shape index (κ2) is 5.89. The quantitative estimate of drug-likeness (QED) is 0.854. The zero-order chi connectivity index (χ0) is 13.8. The Balaban J connectivity index is 2.13. The number of aryl methyl sites for hydroxylation is 1. The predicted molar refractivity (Wildman–Crippen MR) is 77.3 cm³/mol. The third-order valence-corrected chi connectivity index (χ3v) is 3.53. The monoisotopic (exact) mass is 275 g/mol. The van der Waals surface area contributed by atoms with E-state index in [2.05, 4.69) is 5.32 Å². The van der Waals surface area contributed by atoms with Gasteiger partial charge >= 0.3 is 0 Å². The summed E-state index contributed by atoms with van der Waals surface area (Å²) in [5.74, 6) is -0.679. The molecule has 0 saturated heterocycles. The summed E-state index contributed by atoms with van der Waals surface area (Å²) < 4.78 is 13.4. The molecule has 0 saturated carbocycles. The number of carbonyl (C=O) groups excluding carboxylic acids is 1. The normalized spacial score (nSPS) is 10.3. The largest absolute Gasteiger partial charge is 0.322 e. The average Bonchev–Trinajstić information content (AvgIpc) is 2.42. The van der Waals surface area contributed by atoms with Crippen LogP contribution in [0, 0.1) is 12.7 Å². The van der Waals surface area contributed by atoms with E-state index >= 15 is 0 Å². The van der Waals surface area contributed by atoms with Crippen LogP contribution in [0.3, 0.4) is 0 Å². The van der Waals surface area contributed by atoms with Gasteiger partial charge in [0.2, 0.25) is 0 Å². The molecule has 2 nitrogen and oxygen atoms in total. The van der Waals surface area contributed by atoms with E-state index in [0.717, 1.165) is 4.90 Å². The van der Waals surface area contributed by atoms with Crippen LogP contribution in [0.4, 0.5) is 10.1 Å². The zero-order valence-electron chi connectivity index (χ0n) is 10.7. The Morgan fingerprint density at radius 2 is 1.84 bits per heavy atom. The number of anilines is 1. The molecule has 0 heterocycles. The molecular formula is C15H14FNOS. The van der Waals surface area contributed by atoms with Gasteiger partial charge in [-0.1, -0.05) is 6.07 Å². The zero-order valence-corrected chi connectivity index (χ0v) is 11.6. The third-order valence-electron chi connectivity index (χ3n) is 2.78. The van der Waals surface area contributed by atoms with Crippen LogP contribution in [0.5, 0.6) is 0 Å². The number of amides is 1. The van der Waals surface area contributed by atoms with E-state index in [4.69, 9.17) is 0 Å². The van der Waals surface area contributed by atoms with Crippen LogP contribution in [0.2, 0.25) is 0 Å². The molecule has 0 bridgehead atoms. The van der Waals surface area contributed by atoms with Gasteiger partial charge in [0.15, 0.2) is 0 Å². The van der Waals surface area contributed by atoms with E-state index in [9.17, 15) is 9.18 Å². The molecular weight excluding hydrogens is 261 g/mol. The van der Waals surface area contributed by atoms with Crippen molar-refractivity contribution in [3.05, 3.63) is 59.4 Å². The summed E-state index contributed by atoms with van der Waals surface area (Å²) in [7, 11) is 0. The van der Waals surface area contributed by atoms with E-state index in [-0.39, 0.29) is 11.7 Å². The van der Waals surface area contributed by atoms with Crippen molar-refractivity contribution in [1.82, 2.24) is 0 Å². The maximum absolute atomic E-state index is 13.4. The van der Waals surface area contributed by atoms with Gasteiger partial charge < -0.3 is 5.32 Å². The molecule has 1 N–H and O–H groups in total. The van der Waals surface area contributed by atoms with E-state index in [1.165, 1.54) is 6.07 Å². The summed E-state index contributed by atoms with van der Waals surface area (Å²) in [5, 5.41) is 2.74. The molecule has 0 aliphatic carbocycles. The molecule has 2 aromatic rings. The summed E-state index contributed by atoms with van der Waals surface area (Å²) in [6, 6.07) is 12.0. The Morgan fingerprint density at radius 3 is 2.42 bits per heavy atom. The highest BCUT2D eigenvalue weighted by molar-refractivity contribution is 7.98. The maximum Gasteiger partial charge on any atom is 0.255 e. The summed E-state index contributed by atoms with van der Waals surface area (Å²) >= 11 is 1.63. The van der Waals surface area contributed by atoms with Gasteiger partial charge in [-0.15, -0.1) is 11.8 Å². The Morgan fingerprint density at radius 1 is 1.16 bits per heavy atom. The molecule has 0 aliphatic heterocycles. The number of rotatable bonds is 3. The second-order valence-electron chi connectivity index (χ2n) is 4.15. The lowest BCUT2D eigenvalue weighted by atomic mass is 10.1. The molecule has 0 unspecified atom stereocenters. The van der Waals surface area contributed by atoms with E-state index < -0.39 is 0 Å². The van der Waals surface area contributed by atoms with Crippen LogP contribution in [0.25, 0.3) is 0 Å². The van der Waals surface area contributed by atoms with Crippen molar-refractivity contribution in [3.63, 3.8) is 0 Å². The van der Waals surface area contributed by atoms with Gasteiger partial charge in [-0.3, -0.25) is 4.79 Å². The Bertz CT molecular complexity index is 596. The summed E-state index contributed by atoms with van der Waals surface area (Å²) in [4.78, 5) is 13.1. The Hall–Kier alpha value is -1.81. The highest BCUT2D eigenvalue weighted by atomic mass is 32.2. The van der Waals surface area contributed by atoms with Crippen LogP contribution in [-0.2, 0) is 0 Å². The topological polar surface area (TPSA) is 29.1 Å². The highest BCUT2D eigenvalue weighted by Gasteiger charge is 2.08. The molecule has 2 rings (SSSR count). The SMILES string of the molecule is CSc1ccc(NC(=O)c2ccc(C)c(F)c2)cc1. The molecule has 2 aromatic carbocycles. The number of carbonyl (C=O) groups is 1. The second-order valence-corrected chi connectivity index (χ2v) is 5.03. The van der Waals surface area contributed by atoms with Crippen molar-refractivity contribution in [2.75, 3.05) is 11.6 Å². The molecule has 4 heteroatoms. The van der Waals surface area contributed by atoms with Crippen LogP contribution in [0.1, 0.15) is 15.9 Å². The van der Waals surface area contributed by atoms with Crippen LogP contribution >= 0.6 is 11.8 Å². The molecule has 0 radical (unpaired) electrons. The minimum absolute atomic E-state index is 0.309. The van der Waals surface area contributed by atoms with Gasteiger partial charge in [0.1, 0.15) is 5.82 Å². The molecule has 0 spiro atoms. The molecule has 0 aromatic heterocycles. The van der Waals surface area contributed by atoms with Crippen molar-refractivity contribution in [3.8, 4) is 0 Å². The maximum atomic E-state index is 13.4. The lowest BCUT2D eigenvalue weighted by Crippen LogP contribution is -2.12. The van der Waals surface area contributed by atoms with Crippen LogP contribution in [-0.4, -0.2) is 12.2 Å². The summed E-state index contributed by atoms with van der Waals surface area (Å²) in [6.45, 7) is 1.66. The molecule has 19 heavy (non-hydrogen) atoms. The fourth-order valence-corrected chi connectivity index (χ4v) is 2.02. The Labute approximate surface area is 116 Å². The minimum Gasteiger partial charge on any atom is -0.322 e. The predicted octanol–water partition coefficient (Wildman–Crippen LogP) is 4.11. The summed E-state index contributed by atoms with van der Waals surface area (Å²) in [5.41, 5.74) is 1.54. The van der Waals surface area contributed by atoms with E-state index in [1.54, 1.807) is 30.8 Å². The lowest BCUT2D eigenvalue weighted by Gasteiger charge is -2.06. The van der Waals surface area contributed by atoms with E-state index in [0.29, 0.717) is 16.8 Å². The summed E-state index contributed by atoms with van der Waals surface area (Å²) in [6.07, 6.45) is 1.99. The first kappa shape index (κ1) is 13.6. The van der Waals surface area contributed by atoms with Crippen molar-refractivity contribution >= 4 is 23.4 Å². The number of nitrogens with one attached hydrogen (secondary N) is 1. The van der Waals surface area contributed by atoms with Gasteiger partial charge in [-0.2, -0.15) is 0 Å². The van der Waals surface area contributed by atoms with Crippen LogP contribution < -0.4 is 5.32 Å². The first-order chi connectivity index (χ1) is 9.10. The standard InChI is InChI=1S/C15H14FNOS/c1-10-3-4-11(9-14(10)16)15(18)17-12-5-7-13(19-2)8-6-12/h3-9H,1-2H3,(H,17,18). The molecule has 0 aliphatic rings. The molecule has 0 atom stereocenters. The van der Waals surface area contributed by atoms with Crippen molar-refractivity contribution in [2.45, 2.75) is 11.8 Å². The Kier molecular flexibility index (Phi) is 4.22.